The van der Waals surface area contributed by atoms with Crippen molar-refractivity contribution in [3.05, 3.63) is 46.3 Å². The second-order valence-electron chi connectivity index (χ2n) is 7.34. The smallest absolute Gasteiger partial charge is 0.0777 e. The lowest BCUT2D eigenvalue weighted by atomic mass is 10.2. The number of anilines is 2. The van der Waals surface area contributed by atoms with E-state index in [1.807, 2.05) is 0 Å². The maximum atomic E-state index is 5.31. The first-order chi connectivity index (χ1) is 14.2. The Bertz CT molecular complexity index is 984. The largest absolute Gasteiger partial charge is 0.383 e. The van der Waals surface area contributed by atoms with Crippen LogP contribution in [0.1, 0.15) is 12.8 Å². The van der Waals surface area contributed by atoms with E-state index < -0.39 is 0 Å². The Morgan fingerprint density at radius 3 is 2.45 bits per heavy atom. The van der Waals surface area contributed by atoms with Gasteiger partial charge >= 0.3 is 0 Å². The van der Waals surface area contributed by atoms with Gasteiger partial charge in [0, 0.05) is 61.2 Å². The molecule has 0 aromatic heterocycles. The molecule has 0 radical (unpaired) electrons. The average Bonchev–Trinajstić information content (AvgIpc) is 3.29. The second-order valence-corrected chi connectivity index (χ2v) is 11.4. The zero-order chi connectivity index (χ0) is 20.2. The van der Waals surface area contributed by atoms with Crippen LogP contribution in [0.4, 0.5) is 17.1 Å². The number of benzene rings is 2. The van der Waals surface area contributed by atoms with Gasteiger partial charge in [0.15, 0.2) is 0 Å². The van der Waals surface area contributed by atoms with Gasteiger partial charge in [-0.25, -0.2) is 4.99 Å². The third kappa shape index (κ3) is 4.62. The summed E-state index contributed by atoms with van der Waals surface area (Å²) in [6.45, 7) is 5.42. The molecule has 156 valence electrons. The minimum Gasteiger partial charge on any atom is -0.383 e. The van der Waals surface area contributed by atoms with Crippen molar-refractivity contribution in [2.45, 2.75) is 17.7 Å². The minimum atomic E-state index is -0.0283. The van der Waals surface area contributed by atoms with E-state index in [1.54, 1.807) is 14.2 Å². The van der Waals surface area contributed by atoms with E-state index in [-0.39, 0.29) is 7.66 Å². The summed E-state index contributed by atoms with van der Waals surface area (Å²) < 4.78 is 12.0. The fourth-order valence-electron chi connectivity index (χ4n) is 3.87. The summed E-state index contributed by atoms with van der Waals surface area (Å²) in [5.41, 5.74) is 3.64. The highest BCUT2D eigenvalue weighted by Gasteiger charge is 2.17. The van der Waals surface area contributed by atoms with Crippen LogP contribution in [0, 0.1) is 4.51 Å². The first-order valence-electron chi connectivity index (χ1n) is 10.1. The molecule has 0 spiro atoms. The molecule has 2 aromatic rings. The number of nitrogens with zero attached hydrogens (tertiary/aromatic N) is 3. The van der Waals surface area contributed by atoms with Gasteiger partial charge in [-0.15, -0.1) is 0 Å². The van der Waals surface area contributed by atoms with Crippen LogP contribution in [-0.4, -0.2) is 53.6 Å². The van der Waals surface area contributed by atoms with Gasteiger partial charge in [-0.05, 0) is 70.4 Å². The average molecular weight is 525 g/mol. The summed E-state index contributed by atoms with van der Waals surface area (Å²) >= 11 is 2.60. The lowest BCUT2D eigenvalue weighted by Crippen LogP contribution is -2.30. The van der Waals surface area contributed by atoms with Crippen molar-refractivity contribution in [1.29, 1.82) is 0 Å². The summed E-state index contributed by atoms with van der Waals surface area (Å²) in [7, 11) is 3.47. The Balaban J connectivity index is 1.71. The van der Waals surface area contributed by atoms with Crippen LogP contribution in [0.15, 0.2) is 46.3 Å². The highest BCUT2D eigenvalue weighted by Crippen LogP contribution is 2.46. The molecule has 0 aliphatic carbocycles. The van der Waals surface area contributed by atoms with E-state index in [9.17, 15) is 0 Å². The molecule has 0 bridgehead atoms. The van der Waals surface area contributed by atoms with Crippen LogP contribution < -0.4 is 15.2 Å². The molecule has 5 nitrogen and oxygen atoms in total. The van der Waals surface area contributed by atoms with Crippen LogP contribution in [-0.2, 0) is 9.47 Å². The van der Waals surface area contributed by atoms with Crippen molar-refractivity contribution >= 4 is 45.9 Å². The molecule has 2 aromatic carbocycles. The number of hydrogen-bond donors (Lipinski definition) is 0. The van der Waals surface area contributed by atoms with E-state index in [0.717, 1.165) is 24.1 Å². The molecule has 2 aliphatic rings. The minimum absolute atomic E-state index is 0.0283. The van der Waals surface area contributed by atoms with E-state index in [4.69, 9.17) is 14.5 Å². The normalized spacial score (nSPS) is 17.6. The Morgan fingerprint density at radius 2 is 1.76 bits per heavy atom. The topological polar surface area (TPSA) is 37.3 Å². The van der Waals surface area contributed by atoms with Gasteiger partial charge in [0.1, 0.15) is 0 Å². The molecule has 1 unspecified atom stereocenters. The molecular weight excluding hydrogens is 497 g/mol. The fourth-order valence-corrected chi connectivity index (χ4v) is 7.26. The van der Waals surface area contributed by atoms with Crippen molar-refractivity contribution in [3.63, 3.8) is 0 Å². The van der Waals surface area contributed by atoms with Crippen molar-refractivity contribution in [2.75, 3.05) is 63.4 Å². The Kier molecular flexibility index (Phi) is 7.10. The summed E-state index contributed by atoms with van der Waals surface area (Å²) in [6, 6.07) is 13.4. The van der Waals surface area contributed by atoms with Crippen LogP contribution in [0.3, 0.4) is 0 Å². The maximum Gasteiger partial charge on any atom is 0.0777 e. The third-order valence-electron chi connectivity index (χ3n) is 5.48. The van der Waals surface area contributed by atoms with Crippen molar-refractivity contribution in [1.82, 2.24) is 0 Å². The summed E-state index contributed by atoms with van der Waals surface area (Å²) in [5, 5.41) is 1.11. The molecule has 0 saturated carbocycles. The summed E-state index contributed by atoms with van der Waals surface area (Å²) in [5.74, 6) is 0. The van der Waals surface area contributed by atoms with Crippen LogP contribution in [0.2, 0.25) is 0 Å². The van der Waals surface area contributed by atoms with E-state index in [2.05, 4.69) is 67.4 Å². The summed E-state index contributed by atoms with van der Waals surface area (Å²) in [6.07, 6.45) is 2.59. The Hall–Kier alpha value is -1.16. The lowest BCUT2D eigenvalue weighted by molar-refractivity contribution is 0.190. The fraction of sp³-hybridized carbons (Fsp3) is 0.455. The molecule has 1 atom stereocenters. The SMILES string of the molecule is COCCN(CCOC)c1ccc2c(c1)S(I)=c1cc(N3CCCC3)ccc1=N2. The predicted octanol–water partition coefficient (Wildman–Crippen LogP) is 4.58. The van der Waals surface area contributed by atoms with Crippen LogP contribution >= 0.6 is 28.9 Å². The predicted molar refractivity (Wildman–Crippen MR) is 130 cm³/mol. The zero-order valence-electron chi connectivity index (χ0n) is 17.1. The van der Waals surface area contributed by atoms with Gasteiger partial charge in [-0.2, -0.15) is 0 Å². The highest BCUT2D eigenvalue weighted by molar-refractivity contribution is 14.2. The first-order valence-corrected chi connectivity index (χ1v) is 13.9. The Morgan fingerprint density at radius 1 is 1.03 bits per heavy atom. The Labute approximate surface area is 187 Å². The number of halogens is 1. The van der Waals surface area contributed by atoms with E-state index in [0.29, 0.717) is 13.2 Å². The van der Waals surface area contributed by atoms with Crippen molar-refractivity contribution < 1.29 is 9.47 Å². The van der Waals surface area contributed by atoms with Crippen molar-refractivity contribution in [2.24, 2.45) is 4.99 Å². The first kappa shape index (κ1) is 21.1. The van der Waals surface area contributed by atoms with Gasteiger partial charge in [0.25, 0.3) is 0 Å². The van der Waals surface area contributed by atoms with E-state index in [1.165, 1.54) is 46.7 Å². The second kappa shape index (κ2) is 9.76. The number of fused-ring (bicyclic) bond motifs is 2. The van der Waals surface area contributed by atoms with Crippen LogP contribution in [0.25, 0.3) is 0 Å². The number of methoxy groups -OCH3 is 2. The molecule has 2 aliphatic heterocycles. The molecule has 2 heterocycles. The monoisotopic (exact) mass is 525 g/mol. The molecular formula is C22H28IN3O2S. The molecule has 4 rings (SSSR count). The molecule has 0 amide bonds. The number of rotatable bonds is 8. The van der Waals surface area contributed by atoms with E-state index >= 15 is 0 Å². The van der Waals surface area contributed by atoms with Gasteiger partial charge in [-0.3, -0.25) is 0 Å². The molecule has 0 N–H and O–H groups in total. The van der Waals surface area contributed by atoms with Crippen LogP contribution in [0.5, 0.6) is 0 Å². The quantitative estimate of drug-likeness (QED) is 0.374. The maximum absolute atomic E-state index is 5.31. The molecule has 29 heavy (non-hydrogen) atoms. The van der Waals surface area contributed by atoms with Gasteiger partial charge in [0.2, 0.25) is 0 Å². The number of hydrogen-bond acceptors (Lipinski definition) is 5. The van der Waals surface area contributed by atoms with Gasteiger partial charge in [0.05, 0.1) is 24.3 Å². The number of ether oxygens (including phenoxy) is 2. The lowest BCUT2D eigenvalue weighted by Gasteiger charge is -2.25. The summed E-state index contributed by atoms with van der Waals surface area (Å²) in [4.78, 5) is 11.1. The molecule has 7 heteroatoms. The van der Waals surface area contributed by atoms with Gasteiger partial charge < -0.3 is 19.3 Å². The van der Waals surface area contributed by atoms with Gasteiger partial charge in [-0.1, -0.05) is 7.66 Å². The zero-order valence-corrected chi connectivity index (χ0v) is 20.0. The molecule has 1 fully saturated rings. The molecule has 1 saturated heterocycles. The highest BCUT2D eigenvalue weighted by atomic mass is 127. The third-order valence-corrected chi connectivity index (χ3v) is 9.75. The van der Waals surface area contributed by atoms with Crippen molar-refractivity contribution in [3.8, 4) is 0 Å². The standard InChI is InChI=1S/C22H28IN3O2S/c1-27-13-11-26(12-14-28-2)18-6-8-20-22(16-18)29(23)21-15-17(5-7-19(21)24-20)25-9-3-4-10-25/h5-8,15-16H,3-4,9-14H2,1-2H3.